The lowest BCUT2D eigenvalue weighted by Gasteiger charge is -2.38. The first kappa shape index (κ1) is 25.4. The highest BCUT2D eigenvalue weighted by Gasteiger charge is 2.34. The minimum atomic E-state index is -0.203. The summed E-state index contributed by atoms with van der Waals surface area (Å²) in [6.45, 7) is 10.8. The Labute approximate surface area is 205 Å². The predicted octanol–water partition coefficient (Wildman–Crippen LogP) is 5.43. The summed E-state index contributed by atoms with van der Waals surface area (Å²) in [6.07, 6.45) is 1.59. The van der Waals surface area contributed by atoms with Crippen molar-refractivity contribution in [2.45, 2.75) is 65.6 Å². The zero-order valence-corrected chi connectivity index (χ0v) is 21.6. The number of fused-ring (bicyclic) bond motifs is 1. The lowest BCUT2D eigenvalue weighted by Crippen LogP contribution is -2.53. The van der Waals surface area contributed by atoms with Gasteiger partial charge in [-0.2, -0.15) is 0 Å². The van der Waals surface area contributed by atoms with Crippen LogP contribution in [0.4, 0.5) is 4.79 Å². The SMILES string of the molecule is CC[C@@H](C)N(CC(=O)N1CCc2sccc2[C@@H]1COc1ccc(Cl)c(C)c1)C(=O)NC(C)C. The lowest BCUT2D eigenvalue weighted by atomic mass is 10.00. The maximum atomic E-state index is 13.5. The van der Waals surface area contributed by atoms with Gasteiger partial charge in [-0.05, 0) is 81.3 Å². The Morgan fingerprint density at radius 1 is 1.30 bits per heavy atom. The van der Waals surface area contributed by atoms with Gasteiger partial charge in [0.05, 0.1) is 6.04 Å². The quantitative estimate of drug-likeness (QED) is 0.535. The van der Waals surface area contributed by atoms with Crippen LogP contribution in [0.15, 0.2) is 29.6 Å². The number of urea groups is 1. The highest BCUT2D eigenvalue weighted by Crippen LogP contribution is 2.34. The van der Waals surface area contributed by atoms with Crippen LogP contribution in [-0.2, 0) is 11.2 Å². The van der Waals surface area contributed by atoms with Crippen molar-refractivity contribution in [2.24, 2.45) is 0 Å². The van der Waals surface area contributed by atoms with Gasteiger partial charge in [0, 0.05) is 28.5 Å². The van der Waals surface area contributed by atoms with Crippen LogP contribution in [0.25, 0.3) is 0 Å². The van der Waals surface area contributed by atoms with Gasteiger partial charge >= 0.3 is 6.03 Å². The molecular formula is C25H34ClN3O3S. The summed E-state index contributed by atoms with van der Waals surface area (Å²) in [5, 5.41) is 5.69. The lowest BCUT2D eigenvalue weighted by molar-refractivity contribution is -0.136. The maximum Gasteiger partial charge on any atom is 0.318 e. The number of carbonyl (C=O) groups is 2. The molecule has 0 bridgehead atoms. The molecule has 6 nitrogen and oxygen atoms in total. The second-order valence-electron chi connectivity index (χ2n) is 8.86. The maximum absolute atomic E-state index is 13.5. The predicted molar refractivity (Wildman–Crippen MR) is 134 cm³/mol. The van der Waals surface area contributed by atoms with Gasteiger partial charge in [-0.1, -0.05) is 18.5 Å². The van der Waals surface area contributed by atoms with Gasteiger partial charge in [0.1, 0.15) is 18.9 Å². The fourth-order valence-corrected chi connectivity index (χ4v) is 5.02. The molecule has 0 unspecified atom stereocenters. The smallest absolute Gasteiger partial charge is 0.318 e. The molecule has 0 saturated carbocycles. The zero-order chi connectivity index (χ0) is 24.1. The van der Waals surface area contributed by atoms with Crippen LogP contribution in [0.5, 0.6) is 5.75 Å². The molecule has 0 aliphatic carbocycles. The largest absolute Gasteiger partial charge is 0.491 e. The van der Waals surface area contributed by atoms with Crippen LogP contribution in [-0.4, -0.2) is 53.5 Å². The molecule has 33 heavy (non-hydrogen) atoms. The molecule has 3 amide bonds. The Hall–Kier alpha value is -2.25. The molecular weight excluding hydrogens is 458 g/mol. The monoisotopic (exact) mass is 491 g/mol. The van der Waals surface area contributed by atoms with E-state index < -0.39 is 0 Å². The number of rotatable bonds is 8. The van der Waals surface area contributed by atoms with Gasteiger partial charge in [0.25, 0.3) is 0 Å². The zero-order valence-electron chi connectivity index (χ0n) is 20.1. The molecule has 1 aromatic heterocycles. The summed E-state index contributed by atoms with van der Waals surface area (Å²) in [5.74, 6) is 0.663. The number of hydrogen-bond donors (Lipinski definition) is 1. The Balaban J connectivity index is 1.79. The minimum Gasteiger partial charge on any atom is -0.491 e. The number of thiophene rings is 1. The molecule has 2 aromatic rings. The Bertz CT molecular complexity index is 978. The molecule has 180 valence electrons. The van der Waals surface area contributed by atoms with Crippen LogP contribution in [0.2, 0.25) is 5.02 Å². The van der Waals surface area contributed by atoms with Crippen molar-refractivity contribution in [2.75, 3.05) is 19.7 Å². The molecule has 0 spiro atoms. The van der Waals surface area contributed by atoms with Crippen LogP contribution in [0, 0.1) is 6.92 Å². The summed E-state index contributed by atoms with van der Waals surface area (Å²) >= 11 is 7.86. The second-order valence-corrected chi connectivity index (χ2v) is 10.3. The Kier molecular flexibility index (Phi) is 8.65. The van der Waals surface area contributed by atoms with E-state index in [2.05, 4.69) is 16.8 Å². The third kappa shape index (κ3) is 6.21. The molecule has 0 radical (unpaired) electrons. The molecule has 0 fully saturated rings. The minimum absolute atomic E-state index is 0.00601. The van der Waals surface area contributed by atoms with Crippen molar-refractivity contribution in [3.8, 4) is 5.75 Å². The average Bonchev–Trinajstić information content (AvgIpc) is 3.26. The van der Waals surface area contributed by atoms with Gasteiger partial charge in [0.15, 0.2) is 0 Å². The number of ether oxygens (including phenoxy) is 1. The first-order valence-corrected chi connectivity index (χ1v) is 12.8. The third-order valence-corrected chi connectivity index (χ3v) is 7.47. The number of amides is 3. The van der Waals surface area contributed by atoms with E-state index in [0.29, 0.717) is 18.2 Å². The number of aryl methyl sites for hydroxylation is 1. The molecule has 3 rings (SSSR count). The van der Waals surface area contributed by atoms with Crippen LogP contribution in [0.3, 0.4) is 0 Å². The van der Waals surface area contributed by atoms with E-state index in [9.17, 15) is 9.59 Å². The van der Waals surface area contributed by atoms with Gasteiger partial charge in [-0.15, -0.1) is 11.3 Å². The number of carbonyl (C=O) groups excluding carboxylic acids is 2. The Morgan fingerprint density at radius 3 is 2.73 bits per heavy atom. The van der Waals surface area contributed by atoms with Crippen molar-refractivity contribution in [3.05, 3.63) is 50.7 Å². The summed E-state index contributed by atoms with van der Waals surface area (Å²) < 4.78 is 6.12. The molecule has 1 aromatic carbocycles. The van der Waals surface area contributed by atoms with E-state index in [0.717, 1.165) is 29.7 Å². The van der Waals surface area contributed by atoms with Crippen molar-refractivity contribution in [1.29, 1.82) is 0 Å². The second kappa shape index (κ2) is 11.3. The summed E-state index contributed by atoms with van der Waals surface area (Å²) in [4.78, 5) is 31.1. The standard InChI is InChI=1S/C25H34ClN3O3S/c1-6-18(5)29(25(31)27-16(2)3)14-24(30)28-11-9-23-20(10-12-33-23)22(28)15-32-19-7-8-21(26)17(4)13-19/h7-8,10,12-13,16,18,22H,6,9,11,14-15H2,1-5H3,(H,27,31)/t18-,22+/m1/s1. The third-order valence-electron chi connectivity index (χ3n) is 6.05. The van der Waals surface area contributed by atoms with Gasteiger partial charge in [-0.25, -0.2) is 4.79 Å². The first-order chi connectivity index (χ1) is 15.7. The number of halogens is 1. The van der Waals surface area contributed by atoms with E-state index in [1.54, 1.807) is 16.2 Å². The molecule has 8 heteroatoms. The van der Waals surface area contributed by atoms with Crippen LogP contribution >= 0.6 is 22.9 Å². The summed E-state index contributed by atoms with van der Waals surface area (Å²) in [7, 11) is 0. The van der Waals surface area contributed by atoms with Gasteiger partial charge < -0.3 is 19.9 Å². The van der Waals surface area contributed by atoms with Crippen molar-refractivity contribution < 1.29 is 14.3 Å². The van der Waals surface area contributed by atoms with Gasteiger partial charge in [-0.3, -0.25) is 4.79 Å². The fourth-order valence-electron chi connectivity index (χ4n) is 3.97. The molecule has 2 heterocycles. The number of benzene rings is 1. The molecule has 2 atom stereocenters. The van der Waals surface area contributed by atoms with E-state index in [4.69, 9.17) is 16.3 Å². The van der Waals surface area contributed by atoms with Crippen LogP contribution < -0.4 is 10.1 Å². The molecule has 1 N–H and O–H groups in total. The topological polar surface area (TPSA) is 61.9 Å². The highest BCUT2D eigenvalue weighted by molar-refractivity contribution is 7.10. The molecule has 1 aliphatic rings. The number of nitrogens with one attached hydrogen (secondary N) is 1. The van der Waals surface area contributed by atoms with E-state index in [1.807, 2.05) is 57.7 Å². The van der Waals surface area contributed by atoms with Crippen molar-refractivity contribution in [3.63, 3.8) is 0 Å². The number of hydrogen-bond acceptors (Lipinski definition) is 4. The fraction of sp³-hybridized carbons (Fsp3) is 0.520. The number of nitrogens with zero attached hydrogens (tertiary/aromatic N) is 2. The molecule has 0 saturated heterocycles. The van der Waals surface area contributed by atoms with Crippen molar-refractivity contribution in [1.82, 2.24) is 15.1 Å². The van der Waals surface area contributed by atoms with Crippen LogP contribution in [0.1, 0.15) is 56.2 Å². The average molecular weight is 492 g/mol. The summed E-state index contributed by atoms with van der Waals surface area (Å²) in [5.41, 5.74) is 2.08. The normalized spacial score (nSPS) is 16.3. The van der Waals surface area contributed by atoms with E-state index in [-0.39, 0.29) is 36.6 Å². The van der Waals surface area contributed by atoms with Gasteiger partial charge in [0.2, 0.25) is 5.91 Å². The van der Waals surface area contributed by atoms with Crippen molar-refractivity contribution >= 4 is 34.9 Å². The summed E-state index contributed by atoms with van der Waals surface area (Å²) in [6, 6.07) is 7.22. The molecule has 1 aliphatic heterocycles. The van der Waals surface area contributed by atoms with E-state index in [1.165, 1.54) is 4.88 Å². The highest BCUT2D eigenvalue weighted by atomic mass is 35.5. The first-order valence-electron chi connectivity index (χ1n) is 11.5. The van der Waals surface area contributed by atoms with E-state index >= 15 is 0 Å². The Morgan fingerprint density at radius 2 is 2.06 bits per heavy atom.